The van der Waals surface area contributed by atoms with Gasteiger partial charge < -0.3 is 14.7 Å². The van der Waals surface area contributed by atoms with Crippen molar-refractivity contribution in [1.82, 2.24) is 20.4 Å². The topological polar surface area (TPSA) is 71.3 Å². The lowest BCUT2D eigenvalue weighted by atomic mass is 10.0. The molecular formula is C17H20Cl2N4O2. The van der Waals surface area contributed by atoms with Crippen molar-refractivity contribution in [2.75, 3.05) is 14.1 Å². The highest BCUT2D eigenvalue weighted by atomic mass is 35.5. The maximum absolute atomic E-state index is 12.2. The molecule has 0 aliphatic rings. The molecule has 0 atom stereocenters. The third-order valence-electron chi connectivity index (χ3n) is 3.31. The fourth-order valence-corrected chi connectivity index (χ4v) is 2.43. The minimum atomic E-state index is -0.784. The van der Waals surface area contributed by atoms with Crippen LogP contribution in [0.5, 0.6) is 0 Å². The molecule has 0 saturated heterocycles. The molecule has 1 amide bonds. The van der Waals surface area contributed by atoms with Crippen LogP contribution in [0, 0.1) is 0 Å². The molecule has 0 spiro atoms. The number of nitrogens with one attached hydrogen (secondary N) is 1. The lowest BCUT2D eigenvalue weighted by molar-refractivity contribution is -0.118. The van der Waals surface area contributed by atoms with E-state index < -0.39 is 5.54 Å². The zero-order valence-corrected chi connectivity index (χ0v) is 16.0. The Morgan fingerprint density at radius 1 is 1.36 bits per heavy atom. The van der Waals surface area contributed by atoms with Gasteiger partial charge in [-0.3, -0.25) is 4.79 Å². The molecule has 1 aromatic heterocycles. The zero-order valence-electron chi connectivity index (χ0n) is 14.5. The second kappa shape index (κ2) is 7.99. The highest BCUT2D eigenvalue weighted by molar-refractivity contribution is 6.42. The molecular weight excluding hydrogens is 363 g/mol. The van der Waals surface area contributed by atoms with Crippen molar-refractivity contribution >= 4 is 35.2 Å². The van der Waals surface area contributed by atoms with Crippen molar-refractivity contribution in [2.24, 2.45) is 0 Å². The molecule has 6 nitrogen and oxygen atoms in total. The van der Waals surface area contributed by atoms with Crippen LogP contribution in [-0.2, 0) is 16.9 Å². The van der Waals surface area contributed by atoms with Crippen LogP contribution in [0.3, 0.4) is 0 Å². The summed E-state index contributed by atoms with van der Waals surface area (Å²) in [4.78, 5) is 18.5. The Kier molecular flexibility index (Phi) is 6.21. The van der Waals surface area contributed by atoms with Crippen LogP contribution in [0.1, 0.15) is 31.1 Å². The van der Waals surface area contributed by atoms with Crippen molar-refractivity contribution in [3.8, 4) is 0 Å². The van der Waals surface area contributed by atoms with Crippen LogP contribution >= 0.6 is 23.2 Å². The van der Waals surface area contributed by atoms with Gasteiger partial charge in [0.1, 0.15) is 0 Å². The molecule has 1 N–H and O–H groups in total. The second-order valence-corrected chi connectivity index (χ2v) is 7.13. The first-order valence-electron chi connectivity index (χ1n) is 7.61. The maximum Gasteiger partial charge on any atom is 0.244 e. The molecule has 8 heteroatoms. The van der Waals surface area contributed by atoms with Gasteiger partial charge in [0.25, 0.3) is 0 Å². The first-order valence-corrected chi connectivity index (χ1v) is 8.36. The van der Waals surface area contributed by atoms with E-state index >= 15 is 0 Å². The van der Waals surface area contributed by atoms with Gasteiger partial charge in [0.05, 0.1) is 22.1 Å². The zero-order chi connectivity index (χ0) is 18.6. The van der Waals surface area contributed by atoms with E-state index in [1.807, 2.05) is 19.0 Å². The molecule has 2 rings (SSSR count). The molecule has 1 heterocycles. The quantitative estimate of drug-likeness (QED) is 0.773. The average molecular weight is 383 g/mol. The van der Waals surface area contributed by atoms with Gasteiger partial charge in [-0.05, 0) is 45.6 Å². The summed E-state index contributed by atoms with van der Waals surface area (Å²) in [5.74, 6) is 0.593. The maximum atomic E-state index is 12.2. The number of carbonyl (C=O) groups excluding carboxylic acids is 1. The standard InChI is InChI=1S/C17H20Cl2N4O2/c1-17(2,16-20-14(25-22-16)10-23(3)4)21-13(24)9-8-11-6-5-7-12(18)15(11)19/h5-9H,10H2,1-4H3,(H,21,24)/b9-8+. The Morgan fingerprint density at radius 3 is 2.76 bits per heavy atom. The molecule has 25 heavy (non-hydrogen) atoms. The van der Waals surface area contributed by atoms with Gasteiger partial charge in [0.2, 0.25) is 11.8 Å². The van der Waals surface area contributed by atoms with Crippen LogP contribution in [-0.4, -0.2) is 35.0 Å². The van der Waals surface area contributed by atoms with E-state index in [1.54, 1.807) is 38.1 Å². The number of amides is 1. The van der Waals surface area contributed by atoms with Crippen LogP contribution < -0.4 is 5.32 Å². The summed E-state index contributed by atoms with van der Waals surface area (Å²) in [6.45, 7) is 4.13. The van der Waals surface area contributed by atoms with Crippen LogP contribution in [0.25, 0.3) is 6.08 Å². The highest BCUT2D eigenvalue weighted by Crippen LogP contribution is 2.26. The number of hydrogen-bond acceptors (Lipinski definition) is 5. The summed E-state index contributed by atoms with van der Waals surface area (Å²) < 4.78 is 5.20. The number of benzene rings is 1. The minimum Gasteiger partial charge on any atom is -0.340 e. The minimum absolute atomic E-state index is 0.306. The van der Waals surface area contributed by atoms with Crippen molar-refractivity contribution in [3.05, 3.63) is 51.6 Å². The number of nitrogens with zero attached hydrogens (tertiary/aromatic N) is 3. The lowest BCUT2D eigenvalue weighted by Crippen LogP contribution is -2.41. The molecule has 134 valence electrons. The van der Waals surface area contributed by atoms with Crippen molar-refractivity contribution in [2.45, 2.75) is 25.9 Å². The summed E-state index contributed by atoms with van der Waals surface area (Å²) in [5.41, 5.74) is -0.122. The van der Waals surface area contributed by atoms with E-state index in [0.29, 0.717) is 33.9 Å². The molecule has 2 aromatic rings. The summed E-state index contributed by atoms with van der Waals surface area (Å²) >= 11 is 12.1. The molecule has 0 aliphatic carbocycles. The van der Waals surface area contributed by atoms with Crippen LogP contribution in [0.15, 0.2) is 28.8 Å². The molecule has 1 aromatic carbocycles. The number of rotatable bonds is 6. The summed E-state index contributed by atoms with van der Waals surface area (Å²) in [6.07, 6.45) is 2.99. The van der Waals surface area contributed by atoms with E-state index in [0.717, 1.165) is 0 Å². The van der Waals surface area contributed by atoms with Gasteiger partial charge in [-0.1, -0.05) is 40.5 Å². The Labute approximate surface area is 156 Å². The van der Waals surface area contributed by atoms with Crippen LogP contribution in [0.2, 0.25) is 10.0 Å². The predicted octanol–water partition coefficient (Wildman–Crippen LogP) is 3.50. The van der Waals surface area contributed by atoms with Gasteiger partial charge >= 0.3 is 0 Å². The third-order valence-corrected chi connectivity index (χ3v) is 4.14. The second-order valence-electron chi connectivity index (χ2n) is 6.34. The number of hydrogen-bond donors (Lipinski definition) is 1. The Balaban J connectivity index is 2.06. The molecule has 0 unspecified atom stereocenters. The smallest absolute Gasteiger partial charge is 0.244 e. The van der Waals surface area contributed by atoms with Gasteiger partial charge in [-0.2, -0.15) is 4.98 Å². The Bertz CT molecular complexity index is 785. The summed E-state index contributed by atoms with van der Waals surface area (Å²) in [6, 6.07) is 5.23. The van der Waals surface area contributed by atoms with E-state index in [2.05, 4.69) is 15.5 Å². The van der Waals surface area contributed by atoms with Crippen molar-refractivity contribution < 1.29 is 9.32 Å². The number of aromatic nitrogens is 2. The molecule has 0 fully saturated rings. The van der Waals surface area contributed by atoms with E-state index in [1.165, 1.54) is 6.08 Å². The molecule has 0 bridgehead atoms. The van der Waals surface area contributed by atoms with Gasteiger partial charge in [0.15, 0.2) is 5.82 Å². The molecule has 0 radical (unpaired) electrons. The first-order chi connectivity index (χ1) is 11.7. The average Bonchev–Trinajstić information content (AvgIpc) is 2.97. The SMILES string of the molecule is CN(C)Cc1nc(C(C)(C)NC(=O)/C=C/c2cccc(Cl)c2Cl)no1. The van der Waals surface area contributed by atoms with Crippen molar-refractivity contribution in [3.63, 3.8) is 0 Å². The van der Waals surface area contributed by atoms with E-state index in [-0.39, 0.29) is 5.91 Å². The predicted molar refractivity (Wildman–Crippen MR) is 98.4 cm³/mol. The Hall–Kier alpha value is -1.89. The molecule has 0 saturated carbocycles. The van der Waals surface area contributed by atoms with Gasteiger partial charge in [0, 0.05) is 6.08 Å². The summed E-state index contributed by atoms with van der Waals surface area (Å²) in [5, 5.41) is 7.63. The molecule has 0 aliphatic heterocycles. The largest absolute Gasteiger partial charge is 0.340 e. The van der Waals surface area contributed by atoms with E-state index in [4.69, 9.17) is 27.7 Å². The third kappa shape index (κ3) is 5.29. The van der Waals surface area contributed by atoms with Crippen LogP contribution in [0.4, 0.5) is 0 Å². The summed E-state index contributed by atoms with van der Waals surface area (Å²) in [7, 11) is 3.81. The van der Waals surface area contributed by atoms with Crippen molar-refractivity contribution in [1.29, 1.82) is 0 Å². The van der Waals surface area contributed by atoms with Gasteiger partial charge in [-0.25, -0.2) is 0 Å². The normalized spacial score (nSPS) is 12.1. The Morgan fingerprint density at radius 2 is 2.08 bits per heavy atom. The lowest BCUT2D eigenvalue weighted by Gasteiger charge is -2.21. The first kappa shape index (κ1) is 19.4. The fourth-order valence-electron chi connectivity index (χ4n) is 2.06. The monoisotopic (exact) mass is 382 g/mol. The van der Waals surface area contributed by atoms with E-state index in [9.17, 15) is 4.79 Å². The number of carbonyl (C=O) groups is 1. The number of halogens is 2. The fraction of sp³-hybridized carbons (Fsp3) is 0.353. The van der Waals surface area contributed by atoms with Gasteiger partial charge in [-0.15, -0.1) is 0 Å². The highest BCUT2D eigenvalue weighted by Gasteiger charge is 2.28.